The van der Waals surface area contributed by atoms with Crippen LogP contribution in [0.2, 0.25) is 0 Å². The molecule has 1 rings (SSSR count). The molecule has 1 fully saturated rings. The molecular formula is C10H15NO4. The Morgan fingerprint density at radius 1 is 1.27 bits per heavy atom. The third-order valence-electron chi connectivity index (χ3n) is 2.13. The van der Waals surface area contributed by atoms with E-state index in [2.05, 4.69) is 0 Å². The molecule has 0 atom stereocenters. The van der Waals surface area contributed by atoms with E-state index in [1.54, 1.807) is 0 Å². The molecule has 1 saturated heterocycles. The summed E-state index contributed by atoms with van der Waals surface area (Å²) in [5.74, 6) is -1.36. The molecule has 1 heterocycles. The minimum absolute atomic E-state index is 0.219. The molecule has 1 aliphatic heterocycles. The first-order valence-corrected chi connectivity index (χ1v) is 5.21. The van der Waals surface area contributed by atoms with Crippen molar-refractivity contribution in [3.63, 3.8) is 0 Å². The van der Waals surface area contributed by atoms with E-state index in [9.17, 15) is 14.4 Å². The fraction of sp³-hybridized carbons (Fsp3) is 0.700. The van der Waals surface area contributed by atoms with Gasteiger partial charge in [0.15, 0.2) is 0 Å². The number of carbonyl (C=O) groups is 3. The largest absolute Gasteiger partial charge is 0.333 e. The van der Waals surface area contributed by atoms with Crippen molar-refractivity contribution in [2.24, 2.45) is 0 Å². The van der Waals surface area contributed by atoms with Crippen molar-refractivity contribution >= 4 is 17.8 Å². The molecular weight excluding hydrogens is 198 g/mol. The summed E-state index contributed by atoms with van der Waals surface area (Å²) in [5, 5.41) is 0.630. The molecule has 0 aromatic heterocycles. The van der Waals surface area contributed by atoms with Crippen molar-refractivity contribution in [1.29, 1.82) is 0 Å². The third kappa shape index (κ3) is 3.34. The molecule has 0 radical (unpaired) electrons. The molecule has 2 amide bonds. The monoisotopic (exact) mass is 213 g/mol. The van der Waals surface area contributed by atoms with E-state index < -0.39 is 17.8 Å². The molecule has 84 valence electrons. The highest BCUT2D eigenvalue weighted by Crippen LogP contribution is 2.13. The smallest absolute Gasteiger partial charge is 0.330 e. The van der Waals surface area contributed by atoms with E-state index in [4.69, 9.17) is 4.84 Å². The molecule has 0 saturated carbocycles. The molecule has 0 aromatic carbocycles. The molecule has 1 aliphatic rings. The highest BCUT2D eigenvalue weighted by atomic mass is 16.7. The minimum atomic E-state index is -0.527. The van der Waals surface area contributed by atoms with Crippen LogP contribution in [0.25, 0.3) is 0 Å². The standard InChI is InChI=1S/C10H15NO4/c1-2-5-10(14)15-11-8(12)6-3-4-7-9(11)13/h2-7H2,1H3. The van der Waals surface area contributed by atoms with Gasteiger partial charge in [0.2, 0.25) is 0 Å². The van der Waals surface area contributed by atoms with E-state index in [1.165, 1.54) is 0 Å². The van der Waals surface area contributed by atoms with Gasteiger partial charge < -0.3 is 4.84 Å². The van der Waals surface area contributed by atoms with Gasteiger partial charge in [-0.15, -0.1) is 5.06 Å². The van der Waals surface area contributed by atoms with Crippen LogP contribution in [-0.4, -0.2) is 22.8 Å². The lowest BCUT2D eigenvalue weighted by atomic mass is 10.2. The number of hydrogen-bond donors (Lipinski definition) is 0. The maximum absolute atomic E-state index is 11.4. The number of nitrogens with zero attached hydrogens (tertiary/aromatic N) is 1. The van der Waals surface area contributed by atoms with Gasteiger partial charge in [-0.3, -0.25) is 9.59 Å². The summed E-state index contributed by atoms with van der Waals surface area (Å²) in [4.78, 5) is 38.7. The van der Waals surface area contributed by atoms with Gasteiger partial charge >= 0.3 is 5.97 Å². The molecule has 0 bridgehead atoms. The summed E-state index contributed by atoms with van der Waals surface area (Å²) in [5.41, 5.74) is 0. The zero-order valence-electron chi connectivity index (χ0n) is 8.82. The summed E-state index contributed by atoms with van der Waals surface area (Å²) >= 11 is 0. The number of hydroxylamine groups is 2. The van der Waals surface area contributed by atoms with Crippen LogP contribution in [0.15, 0.2) is 0 Å². The Bertz CT molecular complexity index is 257. The van der Waals surface area contributed by atoms with Crippen LogP contribution in [0, 0.1) is 0 Å². The fourth-order valence-electron chi connectivity index (χ4n) is 1.35. The number of hydrogen-bond acceptors (Lipinski definition) is 4. The Morgan fingerprint density at radius 2 is 1.80 bits per heavy atom. The van der Waals surface area contributed by atoms with Crippen LogP contribution in [0.1, 0.15) is 45.4 Å². The van der Waals surface area contributed by atoms with Gasteiger partial charge in [-0.25, -0.2) is 4.79 Å². The van der Waals surface area contributed by atoms with Crippen LogP contribution < -0.4 is 0 Å². The molecule has 0 aliphatic carbocycles. The maximum Gasteiger partial charge on any atom is 0.333 e. The van der Waals surface area contributed by atoms with E-state index in [1.807, 2.05) is 6.92 Å². The van der Waals surface area contributed by atoms with Gasteiger partial charge in [-0.1, -0.05) is 6.92 Å². The van der Waals surface area contributed by atoms with Gasteiger partial charge in [0.05, 0.1) is 0 Å². The van der Waals surface area contributed by atoms with Gasteiger partial charge in [-0.2, -0.15) is 0 Å². The summed E-state index contributed by atoms with van der Waals surface area (Å²) in [6.45, 7) is 1.83. The van der Waals surface area contributed by atoms with Crippen molar-refractivity contribution in [1.82, 2.24) is 5.06 Å². The zero-order chi connectivity index (χ0) is 11.3. The highest BCUT2D eigenvalue weighted by Gasteiger charge is 2.27. The first-order chi connectivity index (χ1) is 7.15. The van der Waals surface area contributed by atoms with Gasteiger partial charge in [0, 0.05) is 19.3 Å². The predicted molar refractivity (Wildman–Crippen MR) is 51.3 cm³/mol. The summed E-state index contributed by atoms with van der Waals surface area (Å²) in [6, 6.07) is 0. The maximum atomic E-state index is 11.4. The van der Waals surface area contributed by atoms with E-state index in [-0.39, 0.29) is 19.3 Å². The highest BCUT2D eigenvalue weighted by molar-refractivity contribution is 5.95. The lowest BCUT2D eigenvalue weighted by Gasteiger charge is -2.16. The SMILES string of the molecule is CCCC(=O)ON1C(=O)CCCCC1=O. The molecule has 0 unspecified atom stereocenters. The number of rotatable bonds is 3. The van der Waals surface area contributed by atoms with Crippen LogP contribution in [0.5, 0.6) is 0 Å². The second-order valence-electron chi connectivity index (χ2n) is 3.50. The quantitative estimate of drug-likeness (QED) is 0.660. The summed E-state index contributed by atoms with van der Waals surface area (Å²) < 4.78 is 0. The van der Waals surface area contributed by atoms with Gasteiger partial charge in [0.1, 0.15) is 0 Å². The Balaban J connectivity index is 2.59. The Hall–Kier alpha value is -1.39. The van der Waals surface area contributed by atoms with Crippen molar-refractivity contribution in [2.75, 3.05) is 0 Å². The lowest BCUT2D eigenvalue weighted by molar-refractivity contribution is -0.202. The first kappa shape index (κ1) is 11.7. The second kappa shape index (κ2) is 5.48. The van der Waals surface area contributed by atoms with Crippen molar-refractivity contribution < 1.29 is 19.2 Å². The van der Waals surface area contributed by atoms with Crippen molar-refractivity contribution in [2.45, 2.75) is 45.4 Å². The molecule has 0 N–H and O–H groups in total. The Morgan fingerprint density at radius 3 is 2.27 bits per heavy atom. The van der Waals surface area contributed by atoms with E-state index >= 15 is 0 Å². The predicted octanol–water partition coefficient (Wildman–Crippen LogP) is 1.17. The second-order valence-corrected chi connectivity index (χ2v) is 3.50. The number of amides is 2. The third-order valence-corrected chi connectivity index (χ3v) is 2.13. The van der Waals surface area contributed by atoms with Gasteiger partial charge in [-0.05, 0) is 19.3 Å². The Labute approximate surface area is 88.3 Å². The lowest BCUT2D eigenvalue weighted by Crippen LogP contribution is -2.37. The average Bonchev–Trinajstić information content (AvgIpc) is 2.33. The van der Waals surface area contributed by atoms with Crippen LogP contribution in [0.3, 0.4) is 0 Å². The van der Waals surface area contributed by atoms with E-state index in [0.717, 1.165) is 0 Å². The minimum Gasteiger partial charge on any atom is -0.330 e. The number of carbonyl (C=O) groups excluding carboxylic acids is 3. The first-order valence-electron chi connectivity index (χ1n) is 5.21. The average molecular weight is 213 g/mol. The molecule has 15 heavy (non-hydrogen) atoms. The van der Waals surface area contributed by atoms with Crippen LogP contribution >= 0.6 is 0 Å². The summed E-state index contributed by atoms with van der Waals surface area (Å²) in [7, 11) is 0. The summed E-state index contributed by atoms with van der Waals surface area (Å²) in [6.07, 6.45) is 2.74. The van der Waals surface area contributed by atoms with Crippen LogP contribution in [-0.2, 0) is 19.2 Å². The fourth-order valence-corrected chi connectivity index (χ4v) is 1.35. The molecule has 5 heteroatoms. The van der Waals surface area contributed by atoms with Crippen LogP contribution in [0.4, 0.5) is 0 Å². The van der Waals surface area contributed by atoms with Crippen molar-refractivity contribution in [3.05, 3.63) is 0 Å². The molecule has 0 spiro atoms. The number of imide groups is 1. The van der Waals surface area contributed by atoms with Crippen molar-refractivity contribution in [3.8, 4) is 0 Å². The normalized spacial score (nSPS) is 17.5. The Kier molecular flexibility index (Phi) is 4.27. The molecule has 5 nitrogen and oxygen atoms in total. The zero-order valence-corrected chi connectivity index (χ0v) is 8.82. The van der Waals surface area contributed by atoms with Gasteiger partial charge in [0.25, 0.3) is 11.8 Å². The van der Waals surface area contributed by atoms with E-state index in [0.29, 0.717) is 24.3 Å². The topological polar surface area (TPSA) is 63.7 Å². The molecule has 0 aromatic rings.